The van der Waals surface area contributed by atoms with Crippen LogP contribution in [0.25, 0.3) is 0 Å². The number of aryl methyl sites for hydroxylation is 1. The first-order chi connectivity index (χ1) is 9.15. The van der Waals surface area contributed by atoms with Crippen LogP contribution in [0.4, 0.5) is 5.69 Å². The molecule has 0 saturated heterocycles. The lowest BCUT2D eigenvalue weighted by Crippen LogP contribution is -2.39. The van der Waals surface area contributed by atoms with Gasteiger partial charge in [0, 0.05) is 11.7 Å². The summed E-state index contributed by atoms with van der Waals surface area (Å²) in [7, 11) is 0. The van der Waals surface area contributed by atoms with Crippen LogP contribution in [0.2, 0.25) is 0 Å². The predicted molar refractivity (Wildman–Crippen MR) is 76.1 cm³/mol. The smallest absolute Gasteiger partial charge is 0.258 e. The molecule has 2 rings (SSSR count). The minimum absolute atomic E-state index is 0.0388. The zero-order valence-electron chi connectivity index (χ0n) is 11.4. The topological polar surface area (TPSA) is 64.3 Å². The highest BCUT2D eigenvalue weighted by atomic mass is 16.5. The molecule has 0 radical (unpaired) electrons. The normalized spacial score (nSPS) is 16.1. The number of rotatable bonds is 4. The minimum atomic E-state index is -0.0388. The van der Waals surface area contributed by atoms with Gasteiger partial charge in [-0.1, -0.05) is 19.3 Å². The number of benzene rings is 1. The summed E-state index contributed by atoms with van der Waals surface area (Å²) in [5.41, 5.74) is 7.33. The van der Waals surface area contributed by atoms with Gasteiger partial charge in [0.05, 0.1) is 0 Å². The van der Waals surface area contributed by atoms with Crippen LogP contribution in [-0.4, -0.2) is 18.6 Å². The molecule has 19 heavy (non-hydrogen) atoms. The Morgan fingerprint density at radius 1 is 1.37 bits per heavy atom. The van der Waals surface area contributed by atoms with E-state index in [4.69, 9.17) is 10.5 Å². The first-order valence-electron chi connectivity index (χ1n) is 6.93. The van der Waals surface area contributed by atoms with E-state index < -0.39 is 0 Å². The van der Waals surface area contributed by atoms with Crippen molar-refractivity contribution >= 4 is 11.6 Å². The highest BCUT2D eigenvalue weighted by Crippen LogP contribution is 2.20. The van der Waals surface area contributed by atoms with Gasteiger partial charge in [0.25, 0.3) is 5.91 Å². The summed E-state index contributed by atoms with van der Waals surface area (Å²) >= 11 is 0. The molecule has 1 fully saturated rings. The van der Waals surface area contributed by atoms with Crippen LogP contribution in [0.5, 0.6) is 5.75 Å². The van der Waals surface area contributed by atoms with Crippen molar-refractivity contribution < 1.29 is 9.53 Å². The van der Waals surface area contributed by atoms with E-state index in [1.54, 1.807) is 12.1 Å². The number of nitrogen functional groups attached to an aromatic ring is 1. The van der Waals surface area contributed by atoms with Crippen molar-refractivity contribution in [3.05, 3.63) is 23.8 Å². The van der Waals surface area contributed by atoms with Gasteiger partial charge in [-0.05, 0) is 43.5 Å². The molecule has 3 N–H and O–H groups in total. The average molecular weight is 262 g/mol. The number of carbonyl (C=O) groups is 1. The lowest BCUT2D eigenvalue weighted by Gasteiger charge is -2.22. The highest BCUT2D eigenvalue weighted by molar-refractivity contribution is 5.77. The largest absolute Gasteiger partial charge is 0.484 e. The van der Waals surface area contributed by atoms with Crippen LogP contribution < -0.4 is 15.8 Å². The maximum absolute atomic E-state index is 11.8. The van der Waals surface area contributed by atoms with Crippen LogP contribution in [-0.2, 0) is 4.79 Å². The summed E-state index contributed by atoms with van der Waals surface area (Å²) in [6.07, 6.45) is 5.89. The summed E-state index contributed by atoms with van der Waals surface area (Å²) in [6.45, 7) is 1.99. The molecule has 1 aromatic carbocycles. The van der Waals surface area contributed by atoms with Gasteiger partial charge in [0.2, 0.25) is 0 Å². The molecule has 4 nitrogen and oxygen atoms in total. The fraction of sp³-hybridized carbons (Fsp3) is 0.533. The van der Waals surface area contributed by atoms with Gasteiger partial charge in [-0.25, -0.2) is 0 Å². The van der Waals surface area contributed by atoms with Gasteiger partial charge >= 0.3 is 0 Å². The molecule has 0 spiro atoms. The fourth-order valence-corrected chi connectivity index (χ4v) is 2.49. The first-order valence-corrected chi connectivity index (χ1v) is 6.93. The number of amides is 1. The van der Waals surface area contributed by atoms with E-state index in [9.17, 15) is 4.79 Å². The van der Waals surface area contributed by atoms with Crippen molar-refractivity contribution in [1.29, 1.82) is 0 Å². The molecule has 4 heteroatoms. The standard InChI is InChI=1S/C15H22N2O2/c1-11-9-12(16)7-8-14(11)19-10-15(18)17-13-5-3-2-4-6-13/h7-9,13H,2-6,10,16H2,1H3,(H,17,18). The molecular formula is C15H22N2O2. The quantitative estimate of drug-likeness (QED) is 0.819. The van der Waals surface area contributed by atoms with Crippen LogP contribution >= 0.6 is 0 Å². The van der Waals surface area contributed by atoms with Crippen LogP contribution in [0.15, 0.2) is 18.2 Å². The molecule has 1 aromatic rings. The van der Waals surface area contributed by atoms with Crippen molar-refractivity contribution in [2.45, 2.75) is 45.1 Å². The second-order valence-corrected chi connectivity index (χ2v) is 5.22. The van der Waals surface area contributed by atoms with Crippen LogP contribution in [0, 0.1) is 6.92 Å². The second-order valence-electron chi connectivity index (χ2n) is 5.22. The third-order valence-corrected chi connectivity index (χ3v) is 3.53. The molecule has 0 heterocycles. The molecule has 0 aliphatic heterocycles. The first kappa shape index (κ1) is 13.7. The third kappa shape index (κ3) is 4.16. The lowest BCUT2D eigenvalue weighted by atomic mass is 9.95. The molecular weight excluding hydrogens is 240 g/mol. The molecule has 0 aromatic heterocycles. The van der Waals surface area contributed by atoms with Gasteiger partial charge < -0.3 is 15.8 Å². The molecule has 0 bridgehead atoms. The predicted octanol–water partition coefficient (Wildman–Crippen LogP) is 2.40. The lowest BCUT2D eigenvalue weighted by molar-refractivity contribution is -0.124. The number of nitrogens with one attached hydrogen (secondary N) is 1. The van der Waals surface area contributed by atoms with Crippen molar-refractivity contribution in [2.75, 3.05) is 12.3 Å². The van der Waals surface area contributed by atoms with E-state index in [-0.39, 0.29) is 12.5 Å². The van der Waals surface area contributed by atoms with Crippen molar-refractivity contribution in [2.24, 2.45) is 0 Å². The monoisotopic (exact) mass is 262 g/mol. The van der Waals surface area contributed by atoms with Gasteiger partial charge in [-0.15, -0.1) is 0 Å². The summed E-state index contributed by atoms with van der Waals surface area (Å²) in [6, 6.07) is 5.76. The fourth-order valence-electron chi connectivity index (χ4n) is 2.49. The highest BCUT2D eigenvalue weighted by Gasteiger charge is 2.15. The Hall–Kier alpha value is -1.71. The number of ether oxygens (including phenoxy) is 1. The maximum Gasteiger partial charge on any atom is 0.258 e. The SMILES string of the molecule is Cc1cc(N)ccc1OCC(=O)NC1CCCCC1. The van der Waals surface area contributed by atoms with Crippen molar-refractivity contribution in [3.8, 4) is 5.75 Å². The Kier molecular flexibility index (Phi) is 4.66. The Labute approximate surface area is 114 Å². The van der Waals surface area contributed by atoms with E-state index in [1.807, 2.05) is 13.0 Å². The molecule has 1 amide bonds. The summed E-state index contributed by atoms with van der Waals surface area (Å²) < 4.78 is 5.53. The summed E-state index contributed by atoms with van der Waals surface area (Å²) in [5.74, 6) is 0.677. The van der Waals surface area contributed by atoms with Crippen molar-refractivity contribution in [3.63, 3.8) is 0 Å². The Bertz CT molecular complexity index is 440. The van der Waals surface area contributed by atoms with E-state index in [2.05, 4.69) is 5.32 Å². The maximum atomic E-state index is 11.8. The molecule has 0 atom stereocenters. The van der Waals surface area contributed by atoms with Crippen molar-refractivity contribution in [1.82, 2.24) is 5.32 Å². The van der Waals surface area contributed by atoms with Gasteiger partial charge in [-0.2, -0.15) is 0 Å². The molecule has 0 unspecified atom stereocenters. The number of anilines is 1. The zero-order valence-corrected chi connectivity index (χ0v) is 11.4. The Balaban J connectivity index is 1.79. The molecule has 1 saturated carbocycles. The average Bonchev–Trinajstić information content (AvgIpc) is 2.39. The Morgan fingerprint density at radius 2 is 2.11 bits per heavy atom. The van der Waals surface area contributed by atoms with Gasteiger partial charge in [0.1, 0.15) is 5.75 Å². The second kappa shape index (κ2) is 6.45. The Morgan fingerprint density at radius 3 is 2.79 bits per heavy atom. The van der Waals surface area contributed by atoms with Gasteiger partial charge in [0.15, 0.2) is 6.61 Å². The number of carbonyl (C=O) groups excluding carboxylic acids is 1. The van der Waals surface area contributed by atoms with E-state index in [0.717, 1.165) is 18.4 Å². The van der Waals surface area contributed by atoms with E-state index in [1.165, 1.54) is 19.3 Å². The van der Waals surface area contributed by atoms with Crippen LogP contribution in [0.1, 0.15) is 37.7 Å². The number of nitrogens with two attached hydrogens (primary N) is 1. The van der Waals surface area contributed by atoms with E-state index in [0.29, 0.717) is 17.5 Å². The molecule has 1 aliphatic carbocycles. The zero-order chi connectivity index (χ0) is 13.7. The number of hydrogen-bond acceptors (Lipinski definition) is 3. The number of hydrogen-bond donors (Lipinski definition) is 2. The molecule has 104 valence electrons. The third-order valence-electron chi connectivity index (χ3n) is 3.53. The molecule has 1 aliphatic rings. The minimum Gasteiger partial charge on any atom is -0.484 e. The van der Waals surface area contributed by atoms with Crippen LogP contribution in [0.3, 0.4) is 0 Å². The summed E-state index contributed by atoms with van der Waals surface area (Å²) in [4.78, 5) is 11.8. The van der Waals surface area contributed by atoms with Gasteiger partial charge in [-0.3, -0.25) is 4.79 Å². The summed E-state index contributed by atoms with van der Waals surface area (Å²) in [5, 5.41) is 3.03. The van der Waals surface area contributed by atoms with E-state index >= 15 is 0 Å².